The van der Waals surface area contributed by atoms with Crippen LogP contribution in [0, 0.1) is 11.3 Å². The molecule has 27 heavy (non-hydrogen) atoms. The number of amides is 1. The van der Waals surface area contributed by atoms with Crippen LogP contribution in [0.15, 0.2) is 48.5 Å². The van der Waals surface area contributed by atoms with E-state index < -0.39 is 15.9 Å². The lowest BCUT2D eigenvalue weighted by Crippen LogP contribution is -2.37. The van der Waals surface area contributed by atoms with E-state index in [0.717, 1.165) is 17.0 Å². The fraction of sp³-hybridized carbons (Fsp3) is 0.300. The van der Waals surface area contributed by atoms with Crippen molar-refractivity contribution in [2.24, 2.45) is 0 Å². The molecule has 0 saturated carbocycles. The van der Waals surface area contributed by atoms with Gasteiger partial charge < -0.3 is 5.32 Å². The third kappa shape index (κ3) is 5.56. The highest BCUT2D eigenvalue weighted by Gasteiger charge is 2.21. The third-order valence-electron chi connectivity index (χ3n) is 4.35. The molecule has 0 heterocycles. The Kier molecular flexibility index (Phi) is 6.59. The van der Waals surface area contributed by atoms with Crippen molar-refractivity contribution in [3.05, 3.63) is 59.7 Å². The Balaban J connectivity index is 2.13. The van der Waals surface area contributed by atoms with E-state index in [0.29, 0.717) is 22.9 Å². The molecular weight excluding hydrogens is 362 g/mol. The van der Waals surface area contributed by atoms with Gasteiger partial charge in [-0.25, -0.2) is 8.42 Å². The minimum Gasteiger partial charge on any atom is -0.325 e. The molecule has 2 aromatic carbocycles. The number of anilines is 2. The quantitative estimate of drug-likeness (QED) is 0.790. The summed E-state index contributed by atoms with van der Waals surface area (Å²) in [6.45, 7) is 3.90. The second-order valence-electron chi connectivity index (χ2n) is 6.41. The molecule has 1 amide bonds. The summed E-state index contributed by atoms with van der Waals surface area (Å²) in [5.41, 5.74) is 2.54. The predicted molar refractivity (Wildman–Crippen MR) is 107 cm³/mol. The molecule has 2 rings (SSSR count). The zero-order valence-corrected chi connectivity index (χ0v) is 16.5. The summed E-state index contributed by atoms with van der Waals surface area (Å²) in [6, 6.07) is 15.6. The standard InChI is InChI=1S/C20H23N3O3S/c1-4-15(2)17-7-9-18(10-8-17)22-20(24)14-23(27(3,25)26)19-11-5-16(13-21)6-12-19/h5-12,15H,4,14H2,1-3H3,(H,22,24). The Morgan fingerprint density at radius 1 is 1.15 bits per heavy atom. The van der Waals surface area contributed by atoms with E-state index in [2.05, 4.69) is 19.2 Å². The van der Waals surface area contributed by atoms with Gasteiger partial charge in [0.25, 0.3) is 0 Å². The lowest BCUT2D eigenvalue weighted by atomic mass is 9.99. The van der Waals surface area contributed by atoms with Crippen molar-refractivity contribution in [2.75, 3.05) is 22.4 Å². The van der Waals surface area contributed by atoms with Crippen molar-refractivity contribution in [1.29, 1.82) is 5.26 Å². The molecule has 1 unspecified atom stereocenters. The maximum Gasteiger partial charge on any atom is 0.245 e. The summed E-state index contributed by atoms with van der Waals surface area (Å²) >= 11 is 0. The number of nitrogens with zero attached hydrogens (tertiary/aromatic N) is 2. The molecule has 0 spiro atoms. The molecule has 0 aromatic heterocycles. The van der Waals surface area contributed by atoms with Gasteiger partial charge in [-0.2, -0.15) is 5.26 Å². The topological polar surface area (TPSA) is 90.3 Å². The average molecular weight is 385 g/mol. The minimum absolute atomic E-state index is 0.332. The Morgan fingerprint density at radius 3 is 2.22 bits per heavy atom. The van der Waals surface area contributed by atoms with Crippen molar-refractivity contribution in [3.8, 4) is 6.07 Å². The van der Waals surface area contributed by atoms with E-state index in [9.17, 15) is 13.2 Å². The highest BCUT2D eigenvalue weighted by Crippen LogP contribution is 2.21. The van der Waals surface area contributed by atoms with Gasteiger partial charge in [-0.05, 0) is 54.3 Å². The number of hydrogen-bond acceptors (Lipinski definition) is 4. The molecular formula is C20H23N3O3S. The van der Waals surface area contributed by atoms with Crippen LogP contribution in [-0.4, -0.2) is 27.1 Å². The maximum atomic E-state index is 12.4. The normalized spacial score (nSPS) is 12.1. The van der Waals surface area contributed by atoms with Crippen molar-refractivity contribution < 1.29 is 13.2 Å². The van der Waals surface area contributed by atoms with Crippen molar-refractivity contribution in [2.45, 2.75) is 26.2 Å². The SMILES string of the molecule is CCC(C)c1ccc(NC(=O)CN(c2ccc(C#N)cc2)S(C)(=O)=O)cc1. The highest BCUT2D eigenvalue weighted by atomic mass is 32.2. The number of hydrogen-bond donors (Lipinski definition) is 1. The van der Waals surface area contributed by atoms with Gasteiger partial charge in [0.05, 0.1) is 23.6 Å². The number of benzene rings is 2. The lowest BCUT2D eigenvalue weighted by Gasteiger charge is -2.22. The molecule has 2 aromatic rings. The van der Waals surface area contributed by atoms with Crippen molar-refractivity contribution in [3.63, 3.8) is 0 Å². The minimum atomic E-state index is -3.66. The Labute approximate surface area is 160 Å². The van der Waals surface area contributed by atoms with Crippen LogP contribution in [0.4, 0.5) is 11.4 Å². The molecule has 7 heteroatoms. The van der Waals surface area contributed by atoms with E-state index >= 15 is 0 Å². The summed E-state index contributed by atoms with van der Waals surface area (Å²) in [7, 11) is -3.66. The van der Waals surface area contributed by atoms with Crippen molar-refractivity contribution in [1.82, 2.24) is 0 Å². The Hall–Kier alpha value is -2.85. The van der Waals surface area contributed by atoms with Crippen LogP contribution in [-0.2, 0) is 14.8 Å². The highest BCUT2D eigenvalue weighted by molar-refractivity contribution is 7.92. The van der Waals surface area contributed by atoms with Gasteiger partial charge in [-0.3, -0.25) is 9.10 Å². The first kappa shape index (κ1) is 20.5. The van der Waals surface area contributed by atoms with Crippen LogP contribution in [0.5, 0.6) is 0 Å². The Morgan fingerprint density at radius 2 is 1.74 bits per heavy atom. The van der Waals surface area contributed by atoms with Crippen LogP contribution in [0.25, 0.3) is 0 Å². The third-order valence-corrected chi connectivity index (χ3v) is 5.49. The Bertz CT molecular complexity index is 930. The zero-order valence-electron chi connectivity index (χ0n) is 15.6. The summed E-state index contributed by atoms with van der Waals surface area (Å²) in [5.74, 6) is -0.00654. The van der Waals surface area contributed by atoms with Crippen LogP contribution < -0.4 is 9.62 Å². The second kappa shape index (κ2) is 8.69. The van der Waals surface area contributed by atoms with Crippen molar-refractivity contribution >= 4 is 27.3 Å². The molecule has 142 valence electrons. The number of carbonyl (C=O) groups excluding carboxylic acids is 1. The van der Waals surface area contributed by atoms with Crippen LogP contribution in [0.3, 0.4) is 0 Å². The van der Waals surface area contributed by atoms with E-state index in [1.54, 1.807) is 0 Å². The number of nitrogens with one attached hydrogen (secondary N) is 1. The largest absolute Gasteiger partial charge is 0.325 e. The molecule has 0 bridgehead atoms. The average Bonchev–Trinajstić information content (AvgIpc) is 2.65. The van der Waals surface area contributed by atoms with E-state index in [1.165, 1.54) is 29.8 Å². The summed E-state index contributed by atoms with van der Waals surface area (Å²) < 4.78 is 25.2. The van der Waals surface area contributed by atoms with Crippen LogP contribution in [0.1, 0.15) is 37.3 Å². The van der Waals surface area contributed by atoms with Gasteiger partial charge in [0.2, 0.25) is 15.9 Å². The van der Waals surface area contributed by atoms with Gasteiger partial charge in [-0.15, -0.1) is 0 Å². The molecule has 0 fully saturated rings. The first-order chi connectivity index (χ1) is 12.7. The number of rotatable bonds is 7. The van der Waals surface area contributed by atoms with Gasteiger partial charge >= 0.3 is 0 Å². The lowest BCUT2D eigenvalue weighted by molar-refractivity contribution is -0.114. The monoisotopic (exact) mass is 385 g/mol. The smallest absolute Gasteiger partial charge is 0.245 e. The van der Waals surface area contributed by atoms with Gasteiger partial charge in [0.15, 0.2) is 0 Å². The molecule has 0 radical (unpaired) electrons. The van der Waals surface area contributed by atoms with Crippen LogP contribution >= 0.6 is 0 Å². The summed E-state index contributed by atoms with van der Waals surface area (Å²) in [5, 5.41) is 11.6. The molecule has 0 saturated heterocycles. The predicted octanol–water partition coefficient (Wildman–Crippen LogP) is 3.48. The molecule has 6 nitrogen and oxygen atoms in total. The first-order valence-electron chi connectivity index (χ1n) is 8.62. The maximum absolute atomic E-state index is 12.4. The van der Waals surface area contributed by atoms with E-state index in [1.807, 2.05) is 30.3 Å². The van der Waals surface area contributed by atoms with E-state index in [4.69, 9.17) is 5.26 Å². The van der Waals surface area contributed by atoms with Crippen LogP contribution in [0.2, 0.25) is 0 Å². The second-order valence-corrected chi connectivity index (χ2v) is 8.31. The molecule has 0 aliphatic carbocycles. The molecule has 1 atom stereocenters. The summed E-state index contributed by atoms with van der Waals surface area (Å²) in [6.07, 6.45) is 2.07. The molecule has 1 N–H and O–H groups in total. The fourth-order valence-electron chi connectivity index (χ4n) is 2.56. The molecule has 0 aliphatic rings. The molecule has 0 aliphatic heterocycles. The van der Waals surface area contributed by atoms with E-state index in [-0.39, 0.29) is 6.54 Å². The fourth-order valence-corrected chi connectivity index (χ4v) is 3.42. The van der Waals surface area contributed by atoms with Gasteiger partial charge in [-0.1, -0.05) is 26.0 Å². The zero-order chi connectivity index (χ0) is 20.0. The van der Waals surface area contributed by atoms with Gasteiger partial charge in [0.1, 0.15) is 6.54 Å². The number of carbonyl (C=O) groups is 1. The number of sulfonamides is 1. The van der Waals surface area contributed by atoms with Gasteiger partial charge in [0, 0.05) is 5.69 Å². The first-order valence-corrected chi connectivity index (χ1v) is 10.5. The number of nitriles is 1. The summed E-state index contributed by atoms with van der Waals surface area (Å²) in [4.78, 5) is 12.4.